The highest BCUT2D eigenvalue weighted by Crippen LogP contribution is 2.31. The number of halogens is 2. The lowest BCUT2D eigenvalue weighted by Crippen LogP contribution is -1.99. The van der Waals surface area contributed by atoms with Crippen molar-refractivity contribution in [3.05, 3.63) is 45.6 Å². The molecule has 0 bridgehead atoms. The molecule has 96 valence electrons. The highest BCUT2D eigenvalue weighted by Gasteiger charge is 2.09. The molecule has 0 saturated heterocycles. The molecule has 0 amide bonds. The Labute approximate surface area is 120 Å². The summed E-state index contributed by atoms with van der Waals surface area (Å²) in [5, 5.41) is 13.1. The molecule has 3 N–H and O–H groups in total. The number of anilines is 3. The van der Waals surface area contributed by atoms with Gasteiger partial charge in [0, 0.05) is 5.02 Å². The van der Waals surface area contributed by atoms with E-state index < -0.39 is 0 Å². The number of pyridine rings is 1. The van der Waals surface area contributed by atoms with Crippen molar-refractivity contribution in [1.29, 1.82) is 5.26 Å². The van der Waals surface area contributed by atoms with Gasteiger partial charge in [-0.1, -0.05) is 23.2 Å². The van der Waals surface area contributed by atoms with Gasteiger partial charge in [0.25, 0.3) is 0 Å². The predicted octanol–water partition coefficient (Wildman–Crippen LogP) is 3.89. The van der Waals surface area contributed by atoms with Crippen LogP contribution >= 0.6 is 23.2 Å². The summed E-state index contributed by atoms with van der Waals surface area (Å²) in [6.07, 6.45) is 1.47. The fourth-order valence-corrected chi connectivity index (χ4v) is 1.96. The number of aromatic nitrogens is 1. The van der Waals surface area contributed by atoms with Gasteiger partial charge in [0.2, 0.25) is 0 Å². The quantitative estimate of drug-likeness (QED) is 0.880. The van der Waals surface area contributed by atoms with Gasteiger partial charge >= 0.3 is 0 Å². The third kappa shape index (κ3) is 2.90. The number of nitrogens with two attached hydrogens (primary N) is 1. The lowest BCUT2D eigenvalue weighted by Gasteiger charge is -2.11. The largest absolute Gasteiger partial charge is 0.397 e. The second-order valence-corrected chi connectivity index (χ2v) is 4.80. The lowest BCUT2D eigenvalue weighted by molar-refractivity contribution is 1.29. The zero-order chi connectivity index (χ0) is 14.0. The summed E-state index contributed by atoms with van der Waals surface area (Å²) < 4.78 is 0. The molecule has 2 rings (SSSR count). The maximum atomic E-state index is 9.04. The fourth-order valence-electron chi connectivity index (χ4n) is 1.54. The van der Waals surface area contributed by atoms with Crippen molar-refractivity contribution in [2.75, 3.05) is 11.1 Å². The number of nitrogen functional groups attached to an aromatic ring is 1. The van der Waals surface area contributed by atoms with Crippen molar-refractivity contribution in [1.82, 2.24) is 4.98 Å². The Balaban J connectivity index is 2.42. The van der Waals surface area contributed by atoms with Crippen molar-refractivity contribution in [2.45, 2.75) is 6.92 Å². The van der Waals surface area contributed by atoms with Gasteiger partial charge in [0.15, 0.2) is 0 Å². The first-order valence-electron chi connectivity index (χ1n) is 5.39. The summed E-state index contributed by atoms with van der Waals surface area (Å²) in [5.74, 6) is 0.388. The zero-order valence-electron chi connectivity index (χ0n) is 10.0. The van der Waals surface area contributed by atoms with E-state index in [-0.39, 0.29) is 0 Å². The first kappa shape index (κ1) is 13.5. The minimum absolute atomic E-state index is 0.341. The van der Waals surface area contributed by atoms with E-state index in [0.29, 0.717) is 32.8 Å². The summed E-state index contributed by atoms with van der Waals surface area (Å²) in [6, 6.07) is 7.00. The average molecular weight is 293 g/mol. The maximum Gasteiger partial charge on any atom is 0.148 e. The van der Waals surface area contributed by atoms with Crippen LogP contribution in [0, 0.1) is 18.3 Å². The lowest BCUT2D eigenvalue weighted by atomic mass is 10.2. The smallest absolute Gasteiger partial charge is 0.148 e. The molecule has 0 radical (unpaired) electrons. The van der Waals surface area contributed by atoms with Crippen molar-refractivity contribution < 1.29 is 0 Å². The summed E-state index contributed by atoms with van der Waals surface area (Å²) >= 11 is 12.2. The molecule has 4 nitrogen and oxygen atoms in total. The van der Waals surface area contributed by atoms with E-state index in [2.05, 4.69) is 10.3 Å². The minimum Gasteiger partial charge on any atom is -0.397 e. The van der Waals surface area contributed by atoms with Gasteiger partial charge in [-0.2, -0.15) is 5.26 Å². The van der Waals surface area contributed by atoms with Crippen molar-refractivity contribution in [3.8, 4) is 6.07 Å². The molecule has 6 heteroatoms. The summed E-state index contributed by atoms with van der Waals surface area (Å²) in [6.45, 7) is 1.86. The van der Waals surface area contributed by atoms with E-state index in [0.717, 1.165) is 5.56 Å². The zero-order valence-corrected chi connectivity index (χ0v) is 11.5. The van der Waals surface area contributed by atoms with Gasteiger partial charge in [-0.25, -0.2) is 4.98 Å². The van der Waals surface area contributed by atoms with Crippen LogP contribution in [0.25, 0.3) is 0 Å². The van der Waals surface area contributed by atoms with E-state index in [4.69, 9.17) is 34.2 Å². The fraction of sp³-hybridized carbons (Fsp3) is 0.0769. The Hall–Kier alpha value is -1.96. The number of aryl methyl sites for hydroxylation is 1. The molecule has 1 heterocycles. The molecule has 0 saturated carbocycles. The average Bonchev–Trinajstić information content (AvgIpc) is 2.37. The molecule has 1 aromatic carbocycles. The number of nitrogens with zero attached hydrogens (tertiary/aromatic N) is 2. The normalized spacial score (nSPS) is 10.0. The van der Waals surface area contributed by atoms with Crippen LogP contribution in [0.1, 0.15) is 11.1 Å². The van der Waals surface area contributed by atoms with E-state index in [1.165, 1.54) is 6.20 Å². The molecule has 19 heavy (non-hydrogen) atoms. The predicted molar refractivity (Wildman–Crippen MR) is 77.8 cm³/mol. The molecule has 0 aliphatic carbocycles. The van der Waals surface area contributed by atoms with Crippen LogP contribution in [0.15, 0.2) is 24.4 Å². The summed E-state index contributed by atoms with van der Waals surface area (Å²) in [7, 11) is 0. The van der Waals surface area contributed by atoms with Gasteiger partial charge in [0.1, 0.15) is 11.9 Å². The molecule has 0 atom stereocenters. The summed E-state index contributed by atoms with van der Waals surface area (Å²) in [4.78, 5) is 4.08. The Kier molecular flexibility index (Phi) is 3.79. The number of benzene rings is 1. The molecule has 2 aromatic rings. The Morgan fingerprint density at radius 2 is 2.00 bits per heavy atom. The van der Waals surface area contributed by atoms with Crippen LogP contribution in [0.4, 0.5) is 17.2 Å². The monoisotopic (exact) mass is 292 g/mol. The van der Waals surface area contributed by atoms with Crippen LogP contribution < -0.4 is 11.1 Å². The molecule has 1 aromatic heterocycles. The molecular formula is C13H10Cl2N4. The second kappa shape index (κ2) is 5.35. The van der Waals surface area contributed by atoms with Crippen LogP contribution in [0.3, 0.4) is 0 Å². The highest BCUT2D eigenvalue weighted by atomic mass is 35.5. The van der Waals surface area contributed by atoms with E-state index in [1.54, 1.807) is 18.2 Å². The van der Waals surface area contributed by atoms with Gasteiger partial charge in [-0.3, -0.25) is 0 Å². The van der Waals surface area contributed by atoms with Crippen molar-refractivity contribution in [2.24, 2.45) is 0 Å². The molecule has 0 unspecified atom stereocenters. The number of rotatable bonds is 2. The SMILES string of the molecule is Cc1cc(Cl)c(Nc2ncc(N)cc2C#N)cc1Cl. The van der Waals surface area contributed by atoms with E-state index in [9.17, 15) is 0 Å². The third-order valence-electron chi connectivity index (χ3n) is 2.53. The Bertz CT molecular complexity index is 677. The number of nitrogens with one attached hydrogen (secondary N) is 1. The third-order valence-corrected chi connectivity index (χ3v) is 3.25. The summed E-state index contributed by atoms with van der Waals surface area (Å²) in [5.41, 5.74) is 7.82. The maximum absolute atomic E-state index is 9.04. The standard InChI is InChI=1S/C13H10Cl2N4/c1-7-2-11(15)12(4-10(7)14)19-13-8(5-16)3-9(17)6-18-13/h2-4,6H,17H2,1H3,(H,18,19). The number of hydrogen-bond acceptors (Lipinski definition) is 4. The first-order valence-corrected chi connectivity index (χ1v) is 6.15. The van der Waals surface area contributed by atoms with Crippen molar-refractivity contribution in [3.63, 3.8) is 0 Å². The van der Waals surface area contributed by atoms with E-state index >= 15 is 0 Å². The first-order chi connectivity index (χ1) is 9.01. The van der Waals surface area contributed by atoms with Crippen LogP contribution in [-0.4, -0.2) is 4.98 Å². The van der Waals surface area contributed by atoms with Crippen molar-refractivity contribution >= 4 is 40.4 Å². The molecular weight excluding hydrogens is 283 g/mol. The highest BCUT2D eigenvalue weighted by molar-refractivity contribution is 6.35. The Morgan fingerprint density at radius 3 is 2.68 bits per heavy atom. The number of nitriles is 1. The molecule has 0 aliphatic rings. The van der Waals surface area contributed by atoms with E-state index in [1.807, 2.05) is 13.0 Å². The topological polar surface area (TPSA) is 74.7 Å². The van der Waals surface area contributed by atoms with Crippen LogP contribution in [0.5, 0.6) is 0 Å². The van der Waals surface area contributed by atoms with Crippen LogP contribution in [-0.2, 0) is 0 Å². The number of hydrogen-bond donors (Lipinski definition) is 2. The van der Waals surface area contributed by atoms with Gasteiger partial charge in [-0.05, 0) is 30.7 Å². The molecule has 0 spiro atoms. The van der Waals surface area contributed by atoms with Gasteiger partial charge in [-0.15, -0.1) is 0 Å². The Morgan fingerprint density at radius 1 is 1.26 bits per heavy atom. The van der Waals surface area contributed by atoms with Gasteiger partial charge in [0.05, 0.1) is 28.2 Å². The van der Waals surface area contributed by atoms with Crippen LogP contribution in [0.2, 0.25) is 10.0 Å². The second-order valence-electron chi connectivity index (χ2n) is 3.98. The van der Waals surface area contributed by atoms with Gasteiger partial charge < -0.3 is 11.1 Å². The molecule has 0 fully saturated rings. The minimum atomic E-state index is 0.341. The molecule has 0 aliphatic heterocycles.